The van der Waals surface area contributed by atoms with Gasteiger partial charge >= 0.3 is 6.03 Å². The maximum absolute atomic E-state index is 12.6. The van der Waals surface area contributed by atoms with Gasteiger partial charge in [0.25, 0.3) is 0 Å². The number of ether oxygens (including phenoxy) is 1. The summed E-state index contributed by atoms with van der Waals surface area (Å²) in [6, 6.07) is 16.3. The molecule has 2 aromatic rings. The van der Waals surface area contributed by atoms with E-state index in [1.54, 1.807) is 7.11 Å². The summed E-state index contributed by atoms with van der Waals surface area (Å²) in [6.45, 7) is 5.41. The molecular weight excluding hydrogens is 352 g/mol. The van der Waals surface area contributed by atoms with Gasteiger partial charge in [-0.1, -0.05) is 12.1 Å². The first-order valence-corrected chi connectivity index (χ1v) is 10.0. The van der Waals surface area contributed by atoms with Gasteiger partial charge in [-0.05, 0) is 49.2 Å². The summed E-state index contributed by atoms with van der Waals surface area (Å²) >= 11 is 0. The highest BCUT2D eigenvalue weighted by Gasteiger charge is 2.22. The summed E-state index contributed by atoms with van der Waals surface area (Å²) in [6.07, 6.45) is 2.58. The molecule has 2 aliphatic heterocycles. The van der Waals surface area contributed by atoms with Gasteiger partial charge in [0.1, 0.15) is 5.75 Å². The van der Waals surface area contributed by atoms with Crippen LogP contribution in [0.4, 0.5) is 21.9 Å². The number of urea groups is 1. The van der Waals surface area contributed by atoms with Crippen LogP contribution >= 0.6 is 0 Å². The number of hydrogen-bond donors (Lipinski definition) is 1. The van der Waals surface area contributed by atoms with E-state index in [-0.39, 0.29) is 6.03 Å². The van der Waals surface area contributed by atoms with Crippen LogP contribution in [0.2, 0.25) is 0 Å². The molecular formula is C22H28N4O2. The van der Waals surface area contributed by atoms with Crippen LogP contribution in [-0.2, 0) is 0 Å². The molecule has 0 unspecified atom stereocenters. The van der Waals surface area contributed by atoms with Crippen molar-refractivity contribution in [3.05, 3.63) is 48.5 Å². The molecule has 28 heavy (non-hydrogen) atoms. The lowest BCUT2D eigenvalue weighted by atomic mass is 10.2. The van der Waals surface area contributed by atoms with E-state index in [0.717, 1.165) is 13.1 Å². The molecule has 2 aromatic carbocycles. The maximum atomic E-state index is 12.6. The molecule has 0 radical (unpaired) electrons. The maximum Gasteiger partial charge on any atom is 0.322 e. The number of anilines is 3. The molecule has 2 saturated heterocycles. The molecule has 4 rings (SSSR count). The van der Waals surface area contributed by atoms with Crippen LogP contribution in [-0.4, -0.2) is 57.3 Å². The first kappa shape index (κ1) is 18.5. The smallest absolute Gasteiger partial charge is 0.322 e. The van der Waals surface area contributed by atoms with Crippen LogP contribution in [0.3, 0.4) is 0 Å². The molecule has 0 aromatic heterocycles. The average Bonchev–Trinajstić information content (AvgIpc) is 3.29. The van der Waals surface area contributed by atoms with Gasteiger partial charge in [0.2, 0.25) is 0 Å². The zero-order valence-electron chi connectivity index (χ0n) is 16.4. The summed E-state index contributed by atoms with van der Waals surface area (Å²) in [5, 5.41) is 2.96. The molecule has 1 N–H and O–H groups in total. The monoisotopic (exact) mass is 380 g/mol. The van der Waals surface area contributed by atoms with Crippen molar-refractivity contribution in [2.75, 3.05) is 61.5 Å². The van der Waals surface area contributed by atoms with E-state index >= 15 is 0 Å². The zero-order chi connectivity index (χ0) is 19.3. The minimum atomic E-state index is -0.0754. The van der Waals surface area contributed by atoms with E-state index in [4.69, 9.17) is 4.74 Å². The third-order valence-electron chi connectivity index (χ3n) is 5.60. The van der Waals surface area contributed by atoms with E-state index in [1.807, 2.05) is 29.2 Å². The highest BCUT2D eigenvalue weighted by molar-refractivity contribution is 5.91. The number of piperazine rings is 1. The molecule has 2 amide bonds. The molecule has 6 nitrogen and oxygen atoms in total. The number of carbonyl (C=O) groups is 1. The number of para-hydroxylation sites is 2. The minimum Gasteiger partial charge on any atom is -0.495 e. The van der Waals surface area contributed by atoms with Crippen LogP contribution in [0.25, 0.3) is 0 Å². The fourth-order valence-electron chi connectivity index (χ4n) is 3.96. The lowest BCUT2D eigenvalue weighted by molar-refractivity contribution is 0.208. The molecule has 2 heterocycles. The van der Waals surface area contributed by atoms with Crippen LogP contribution in [0.5, 0.6) is 5.75 Å². The second kappa shape index (κ2) is 8.42. The Morgan fingerprint density at radius 2 is 1.39 bits per heavy atom. The van der Waals surface area contributed by atoms with Gasteiger partial charge in [-0.25, -0.2) is 4.79 Å². The van der Waals surface area contributed by atoms with Crippen molar-refractivity contribution in [3.8, 4) is 5.75 Å². The van der Waals surface area contributed by atoms with Crippen LogP contribution in [0.15, 0.2) is 48.5 Å². The predicted octanol–water partition coefficient (Wildman–Crippen LogP) is 3.65. The molecule has 0 aliphatic carbocycles. The van der Waals surface area contributed by atoms with Crippen LogP contribution in [0, 0.1) is 0 Å². The Kier molecular flexibility index (Phi) is 5.55. The Bertz CT molecular complexity index is 794. The lowest BCUT2D eigenvalue weighted by Gasteiger charge is -2.36. The predicted molar refractivity (Wildman–Crippen MR) is 114 cm³/mol. The highest BCUT2D eigenvalue weighted by atomic mass is 16.5. The molecule has 0 saturated carbocycles. The largest absolute Gasteiger partial charge is 0.495 e. The summed E-state index contributed by atoms with van der Waals surface area (Å²) in [4.78, 5) is 19.3. The van der Waals surface area contributed by atoms with E-state index in [0.29, 0.717) is 24.5 Å². The second-order valence-corrected chi connectivity index (χ2v) is 7.32. The van der Waals surface area contributed by atoms with Crippen molar-refractivity contribution in [1.29, 1.82) is 0 Å². The molecule has 6 heteroatoms. The highest BCUT2D eigenvalue weighted by Crippen LogP contribution is 2.26. The topological polar surface area (TPSA) is 48.1 Å². The number of nitrogens with zero attached hydrogens (tertiary/aromatic N) is 3. The number of nitrogens with one attached hydrogen (secondary N) is 1. The SMILES string of the molecule is COc1ccccc1NC(=O)N1CCN(c2ccc(N3CCCC3)cc2)CC1. The summed E-state index contributed by atoms with van der Waals surface area (Å²) in [5.74, 6) is 0.674. The van der Waals surface area contributed by atoms with E-state index in [1.165, 1.54) is 37.3 Å². The Hall–Kier alpha value is -2.89. The fourth-order valence-corrected chi connectivity index (χ4v) is 3.96. The summed E-state index contributed by atoms with van der Waals surface area (Å²) in [5.41, 5.74) is 3.25. The Labute approximate surface area is 166 Å². The fraction of sp³-hybridized carbons (Fsp3) is 0.409. The van der Waals surface area contributed by atoms with Crippen LogP contribution < -0.4 is 19.9 Å². The zero-order valence-corrected chi connectivity index (χ0v) is 16.4. The van der Waals surface area contributed by atoms with Gasteiger partial charge in [-0.3, -0.25) is 0 Å². The number of methoxy groups -OCH3 is 1. The molecule has 2 fully saturated rings. The molecule has 0 atom stereocenters. The van der Waals surface area contributed by atoms with Gasteiger partial charge < -0.3 is 24.8 Å². The van der Waals surface area contributed by atoms with Crippen LogP contribution in [0.1, 0.15) is 12.8 Å². The number of carbonyl (C=O) groups excluding carboxylic acids is 1. The van der Waals surface area contributed by atoms with E-state index in [9.17, 15) is 4.79 Å². The number of rotatable bonds is 4. The number of benzene rings is 2. The first-order valence-electron chi connectivity index (χ1n) is 10.0. The third-order valence-corrected chi connectivity index (χ3v) is 5.60. The molecule has 0 spiro atoms. The summed E-state index contributed by atoms with van der Waals surface area (Å²) < 4.78 is 5.31. The standard InChI is InChI=1S/C22H28N4O2/c1-28-21-7-3-2-6-20(21)23-22(27)26-16-14-25(15-17-26)19-10-8-18(9-11-19)24-12-4-5-13-24/h2-3,6-11H,4-5,12-17H2,1H3,(H,23,27). The van der Waals surface area contributed by atoms with Gasteiger partial charge in [0, 0.05) is 50.6 Å². The van der Waals surface area contributed by atoms with Crippen molar-refractivity contribution in [2.24, 2.45) is 0 Å². The van der Waals surface area contributed by atoms with Gasteiger partial charge in [0.05, 0.1) is 12.8 Å². The quantitative estimate of drug-likeness (QED) is 0.880. The van der Waals surface area contributed by atoms with Gasteiger partial charge in [0.15, 0.2) is 0 Å². The molecule has 0 bridgehead atoms. The van der Waals surface area contributed by atoms with Gasteiger partial charge in [-0.2, -0.15) is 0 Å². The molecule has 2 aliphatic rings. The van der Waals surface area contributed by atoms with E-state index < -0.39 is 0 Å². The Morgan fingerprint density at radius 1 is 0.821 bits per heavy atom. The Balaban J connectivity index is 1.32. The Morgan fingerprint density at radius 3 is 2.00 bits per heavy atom. The van der Waals surface area contributed by atoms with Crippen molar-refractivity contribution >= 4 is 23.1 Å². The van der Waals surface area contributed by atoms with Crippen molar-refractivity contribution in [2.45, 2.75) is 12.8 Å². The average molecular weight is 380 g/mol. The van der Waals surface area contributed by atoms with Crippen molar-refractivity contribution < 1.29 is 9.53 Å². The van der Waals surface area contributed by atoms with E-state index in [2.05, 4.69) is 39.4 Å². The minimum absolute atomic E-state index is 0.0754. The molecule has 148 valence electrons. The second-order valence-electron chi connectivity index (χ2n) is 7.32. The number of amides is 2. The first-order chi connectivity index (χ1) is 13.7. The summed E-state index contributed by atoms with van der Waals surface area (Å²) in [7, 11) is 1.61. The van der Waals surface area contributed by atoms with Crippen molar-refractivity contribution in [1.82, 2.24) is 4.90 Å². The van der Waals surface area contributed by atoms with Crippen molar-refractivity contribution in [3.63, 3.8) is 0 Å². The number of hydrogen-bond acceptors (Lipinski definition) is 4. The normalized spacial score (nSPS) is 17.0. The van der Waals surface area contributed by atoms with Gasteiger partial charge in [-0.15, -0.1) is 0 Å². The third kappa shape index (κ3) is 4.01. The lowest BCUT2D eigenvalue weighted by Crippen LogP contribution is -2.50.